The van der Waals surface area contributed by atoms with Crippen LogP contribution in [-0.4, -0.2) is 10.5 Å². The fourth-order valence-electron chi connectivity index (χ4n) is 2.15. The number of esters is 1. The fourth-order valence-corrected chi connectivity index (χ4v) is 2.15. The van der Waals surface area contributed by atoms with Gasteiger partial charge in [-0.1, -0.05) is 18.6 Å². The van der Waals surface area contributed by atoms with Crippen molar-refractivity contribution in [3.63, 3.8) is 0 Å². The number of hydrogen-bond donors (Lipinski definition) is 0. The van der Waals surface area contributed by atoms with Gasteiger partial charge in [-0.25, -0.2) is 0 Å². The summed E-state index contributed by atoms with van der Waals surface area (Å²) in [6.45, 7) is 5.99. The lowest BCUT2D eigenvalue weighted by Crippen LogP contribution is -2.07. The smallest absolute Gasteiger partial charge is 0.311 e. The van der Waals surface area contributed by atoms with Crippen LogP contribution in [0.2, 0.25) is 0 Å². The maximum atomic E-state index is 11.7. The molecular formula is C15H19NO2. The highest BCUT2D eigenvalue weighted by molar-refractivity contribution is 5.91. The van der Waals surface area contributed by atoms with Gasteiger partial charge in [-0.15, -0.1) is 0 Å². The highest BCUT2D eigenvalue weighted by Gasteiger charge is 2.15. The van der Waals surface area contributed by atoms with Crippen molar-refractivity contribution in [2.45, 2.75) is 33.6 Å². The Labute approximate surface area is 107 Å². The van der Waals surface area contributed by atoms with Crippen LogP contribution in [0.1, 0.15) is 31.0 Å². The first-order valence-corrected chi connectivity index (χ1v) is 6.31. The summed E-state index contributed by atoms with van der Waals surface area (Å²) in [4.78, 5) is 11.7. The molecule has 0 saturated heterocycles. The number of ether oxygens (including phenoxy) is 1. The minimum atomic E-state index is -0.158. The Hall–Kier alpha value is -1.77. The van der Waals surface area contributed by atoms with Crippen LogP contribution < -0.4 is 4.74 Å². The predicted molar refractivity (Wildman–Crippen MR) is 72.9 cm³/mol. The zero-order chi connectivity index (χ0) is 13.3. The molecule has 0 bridgehead atoms. The summed E-state index contributed by atoms with van der Waals surface area (Å²) in [6.07, 6.45) is 1.27. The second kappa shape index (κ2) is 4.84. The number of nitrogens with zero attached hydrogens (tertiary/aromatic N) is 1. The van der Waals surface area contributed by atoms with Crippen molar-refractivity contribution in [1.82, 2.24) is 4.57 Å². The molecule has 0 atom stereocenters. The van der Waals surface area contributed by atoms with Crippen LogP contribution in [0, 0.1) is 13.8 Å². The summed E-state index contributed by atoms with van der Waals surface area (Å²) in [5, 5.41) is 1.01. The largest absolute Gasteiger partial charge is 0.424 e. The Kier molecular flexibility index (Phi) is 3.41. The molecule has 3 nitrogen and oxygen atoms in total. The SMILES string of the molecule is CCCC(=O)Oc1c(C)n(C)c2ccc(C)cc12. The minimum absolute atomic E-state index is 0.158. The molecule has 1 heterocycles. The van der Waals surface area contributed by atoms with Gasteiger partial charge in [0.15, 0.2) is 5.75 Å². The lowest BCUT2D eigenvalue weighted by Gasteiger charge is -2.04. The molecule has 0 unspecified atom stereocenters. The topological polar surface area (TPSA) is 31.2 Å². The van der Waals surface area contributed by atoms with E-state index in [1.54, 1.807) is 0 Å². The Morgan fingerprint density at radius 3 is 2.72 bits per heavy atom. The number of carbonyl (C=O) groups is 1. The number of rotatable bonds is 3. The van der Waals surface area contributed by atoms with Crippen LogP contribution in [0.5, 0.6) is 5.75 Å². The van der Waals surface area contributed by atoms with E-state index < -0.39 is 0 Å². The van der Waals surface area contributed by atoms with Gasteiger partial charge in [0.05, 0.1) is 11.2 Å². The van der Waals surface area contributed by atoms with E-state index in [1.165, 1.54) is 5.56 Å². The normalized spacial score (nSPS) is 10.9. The van der Waals surface area contributed by atoms with E-state index in [-0.39, 0.29) is 5.97 Å². The van der Waals surface area contributed by atoms with Crippen LogP contribution in [0.4, 0.5) is 0 Å². The first-order valence-electron chi connectivity index (χ1n) is 6.31. The van der Waals surface area contributed by atoms with Gasteiger partial charge in [0.25, 0.3) is 0 Å². The highest BCUT2D eigenvalue weighted by Crippen LogP contribution is 2.32. The first-order chi connectivity index (χ1) is 8.54. The van der Waals surface area contributed by atoms with Gasteiger partial charge < -0.3 is 9.30 Å². The van der Waals surface area contributed by atoms with Crippen molar-refractivity contribution in [2.75, 3.05) is 0 Å². The molecule has 3 heteroatoms. The summed E-state index contributed by atoms with van der Waals surface area (Å²) in [7, 11) is 1.99. The number of aromatic nitrogens is 1. The average Bonchev–Trinajstić information content (AvgIpc) is 2.55. The van der Waals surface area contributed by atoms with Gasteiger partial charge in [-0.3, -0.25) is 4.79 Å². The monoisotopic (exact) mass is 245 g/mol. The van der Waals surface area contributed by atoms with Crippen LogP contribution in [0.3, 0.4) is 0 Å². The molecule has 1 aromatic carbocycles. The van der Waals surface area contributed by atoms with E-state index >= 15 is 0 Å². The molecule has 0 fully saturated rings. The van der Waals surface area contributed by atoms with Gasteiger partial charge in [-0.2, -0.15) is 0 Å². The molecule has 0 aliphatic heterocycles. The Morgan fingerprint density at radius 1 is 1.33 bits per heavy atom. The molecule has 0 radical (unpaired) electrons. The van der Waals surface area contributed by atoms with Crippen molar-refractivity contribution >= 4 is 16.9 Å². The van der Waals surface area contributed by atoms with Crippen LogP contribution in [0.15, 0.2) is 18.2 Å². The first kappa shape index (κ1) is 12.7. The third-order valence-corrected chi connectivity index (χ3v) is 3.26. The van der Waals surface area contributed by atoms with Crippen molar-refractivity contribution in [2.24, 2.45) is 7.05 Å². The molecule has 2 rings (SSSR count). The van der Waals surface area contributed by atoms with Crippen LogP contribution in [-0.2, 0) is 11.8 Å². The van der Waals surface area contributed by atoms with Gasteiger partial charge in [0.1, 0.15) is 0 Å². The Balaban J connectivity index is 2.52. The van der Waals surface area contributed by atoms with E-state index in [4.69, 9.17) is 4.74 Å². The zero-order valence-electron chi connectivity index (χ0n) is 11.4. The summed E-state index contributed by atoms with van der Waals surface area (Å²) in [6, 6.07) is 6.20. The van der Waals surface area contributed by atoms with E-state index in [0.717, 1.165) is 23.0 Å². The second-order valence-electron chi connectivity index (χ2n) is 4.72. The fraction of sp³-hybridized carbons (Fsp3) is 0.400. The second-order valence-corrected chi connectivity index (χ2v) is 4.72. The van der Waals surface area contributed by atoms with Gasteiger partial charge in [0, 0.05) is 18.9 Å². The van der Waals surface area contributed by atoms with Crippen molar-refractivity contribution in [3.8, 4) is 5.75 Å². The summed E-state index contributed by atoms with van der Waals surface area (Å²) in [5.41, 5.74) is 3.25. The molecule has 0 aliphatic rings. The molecule has 96 valence electrons. The summed E-state index contributed by atoms with van der Waals surface area (Å²) >= 11 is 0. The van der Waals surface area contributed by atoms with E-state index in [1.807, 2.05) is 27.8 Å². The maximum absolute atomic E-state index is 11.7. The average molecular weight is 245 g/mol. The number of aryl methyl sites for hydroxylation is 2. The summed E-state index contributed by atoms with van der Waals surface area (Å²) in [5.74, 6) is 0.546. The molecule has 0 saturated carbocycles. The van der Waals surface area contributed by atoms with E-state index in [2.05, 4.69) is 22.8 Å². The quantitative estimate of drug-likeness (QED) is 0.775. The van der Waals surface area contributed by atoms with Crippen LogP contribution in [0.25, 0.3) is 10.9 Å². The molecule has 18 heavy (non-hydrogen) atoms. The molecule has 0 spiro atoms. The minimum Gasteiger partial charge on any atom is -0.424 e. The number of hydrogen-bond acceptors (Lipinski definition) is 2. The number of benzene rings is 1. The standard InChI is InChI=1S/C15H19NO2/c1-5-6-14(17)18-15-11(3)16(4)13-8-7-10(2)9-12(13)15/h7-9H,5-6H2,1-4H3. The molecule has 0 amide bonds. The maximum Gasteiger partial charge on any atom is 0.311 e. The van der Waals surface area contributed by atoms with Gasteiger partial charge >= 0.3 is 5.97 Å². The predicted octanol–water partition coefficient (Wildman–Crippen LogP) is 3.50. The molecule has 0 N–H and O–H groups in total. The molecule has 2 aromatic rings. The Morgan fingerprint density at radius 2 is 2.06 bits per heavy atom. The van der Waals surface area contributed by atoms with Crippen molar-refractivity contribution in [3.05, 3.63) is 29.5 Å². The Bertz CT molecular complexity index is 596. The van der Waals surface area contributed by atoms with Crippen molar-refractivity contribution in [1.29, 1.82) is 0 Å². The van der Waals surface area contributed by atoms with E-state index in [9.17, 15) is 4.79 Å². The molecular weight excluding hydrogens is 226 g/mol. The number of carbonyl (C=O) groups excluding carboxylic acids is 1. The third-order valence-electron chi connectivity index (χ3n) is 3.26. The third kappa shape index (κ3) is 2.13. The highest BCUT2D eigenvalue weighted by atomic mass is 16.5. The molecule has 0 aliphatic carbocycles. The lowest BCUT2D eigenvalue weighted by atomic mass is 10.1. The molecule has 1 aromatic heterocycles. The van der Waals surface area contributed by atoms with Crippen LogP contribution >= 0.6 is 0 Å². The zero-order valence-corrected chi connectivity index (χ0v) is 11.4. The van der Waals surface area contributed by atoms with Gasteiger partial charge in [-0.05, 0) is 32.4 Å². The van der Waals surface area contributed by atoms with Gasteiger partial charge in [0.2, 0.25) is 0 Å². The number of fused-ring (bicyclic) bond motifs is 1. The van der Waals surface area contributed by atoms with Crippen molar-refractivity contribution < 1.29 is 9.53 Å². The summed E-state index contributed by atoms with van der Waals surface area (Å²) < 4.78 is 7.57. The lowest BCUT2D eigenvalue weighted by molar-refractivity contribution is -0.134. The van der Waals surface area contributed by atoms with E-state index in [0.29, 0.717) is 12.2 Å².